The Kier molecular flexibility index (Phi) is 4.32. The van der Waals surface area contributed by atoms with Gasteiger partial charge in [-0.3, -0.25) is 0 Å². The second-order valence-electron chi connectivity index (χ2n) is 3.27. The number of rotatable bonds is 3. The van der Waals surface area contributed by atoms with E-state index in [9.17, 15) is 0 Å². The van der Waals surface area contributed by atoms with E-state index in [2.05, 4.69) is 37.9 Å². The van der Waals surface area contributed by atoms with Crippen LogP contribution in [0.5, 0.6) is 0 Å². The maximum Gasteiger partial charge on any atom is -0.0109 e. The molecule has 0 fully saturated rings. The van der Waals surface area contributed by atoms with Gasteiger partial charge in [0.05, 0.1) is 0 Å². The van der Waals surface area contributed by atoms with Gasteiger partial charge in [0.2, 0.25) is 0 Å². The Hall–Kier alpha value is -0.350. The van der Waals surface area contributed by atoms with Crippen molar-refractivity contribution in [3.05, 3.63) is 23.8 Å². The van der Waals surface area contributed by atoms with Gasteiger partial charge in [-0.1, -0.05) is 32.1 Å². The van der Waals surface area contributed by atoms with Crippen molar-refractivity contribution in [3.63, 3.8) is 0 Å². The smallest absolute Gasteiger partial charge is 0.0109 e. The summed E-state index contributed by atoms with van der Waals surface area (Å²) in [4.78, 5) is 0. The molecule has 0 N–H and O–H groups in total. The van der Waals surface area contributed by atoms with Crippen LogP contribution in [0, 0.1) is 5.92 Å². The zero-order valence-corrected chi connectivity index (χ0v) is 8.85. The third kappa shape index (κ3) is 2.95. The highest BCUT2D eigenvalue weighted by Gasteiger charge is 2.05. The molecular formula is C11H17P. The summed E-state index contributed by atoms with van der Waals surface area (Å²) >= 11 is 0. The van der Waals surface area contributed by atoms with Crippen molar-refractivity contribution in [1.29, 1.82) is 0 Å². The average Bonchev–Trinajstić information content (AvgIpc) is 2.09. The van der Waals surface area contributed by atoms with Crippen LogP contribution < -0.4 is 0 Å². The molecule has 66 valence electrons. The summed E-state index contributed by atoms with van der Waals surface area (Å²) in [6.07, 6.45) is 10.5. The molecule has 0 bridgehead atoms. The third-order valence-electron chi connectivity index (χ3n) is 2.08. The van der Waals surface area contributed by atoms with E-state index in [0.29, 0.717) is 0 Å². The highest BCUT2D eigenvalue weighted by molar-refractivity contribution is 7.39. The fraction of sp³-hybridized carbons (Fsp3) is 0.545. The van der Waals surface area contributed by atoms with Gasteiger partial charge in [-0.05, 0) is 36.3 Å². The van der Waals surface area contributed by atoms with Crippen LogP contribution in [-0.2, 0) is 0 Å². The minimum atomic E-state index is 0.736. The molecule has 0 aromatic heterocycles. The van der Waals surface area contributed by atoms with E-state index < -0.39 is 0 Å². The SMILES string of the molecule is CCCP=CC1=CC=CCC1C. The Morgan fingerprint density at radius 1 is 1.67 bits per heavy atom. The first-order valence-corrected chi connectivity index (χ1v) is 5.86. The van der Waals surface area contributed by atoms with E-state index in [1.807, 2.05) is 0 Å². The average molecular weight is 180 g/mol. The quantitative estimate of drug-likeness (QED) is 0.581. The molecule has 0 aromatic carbocycles. The molecule has 0 saturated heterocycles. The van der Waals surface area contributed by atoms with E-state index >= 15 is 0 Å². The van der Waals surface area contributed by atoms with Gasteiger partial charge in [-0.25, -0.2) is 0 Å². The van der Waals surface area contributed by atoms with Crippen molar-refractivity contribution in [1.82, 2.24) is 0 Å². The van der Waals surface area contributed by atoms with Crippen LogP contribution in [0.15, 0.2) is 23.8 Å². The van der Waals surface area contributed by atoms with Crippen LogP contribution in [-0.4, -0.2) is 12.0 Å². The first-order valence-electron chi connectivity index (χ1n) is 4.71. The first kappa shape index (κ1) is 9.74. The second-order valence-corrected chi connectivity index (χ2v) is 4.34. The minimum Gasteiger partial charge on any atom is -0.104 e. The molecule has 1 heteroatoms. The summed E-state index contributed by atoms with van der Waals surface area (Å²) in [6, 6.07) is 0. The summed E-state index contributed by atoms with van der Waals surface area (Å²) in [5.41, 5.74) is 1.52. The maximum atomic E-state index is 2.37. The van der Waals surface area contributed by atoms with Crippen LogP contribution in [0.2, 0.25) is 0 Å². The molecule has 1 aliphatic rings. The van der Waals surface area contributed by atoms with Crippen molar-refractivity contribution in [2.75, 3.05) is 6.16 Å². The molecule has 1 atom stereocenters. The van der Waals surface area contributed by atoms with E-state index in [4.69, 9.17) is 0 Å². The molecule has 0 aromatic rings. The molecule has 0 heterocycles. The Morgan fingerprint density at radius 2 is 2.50 bits per heavy atom. The van der Waals surface area contributed by atoms with Gasteiger partial charge in [0.1, 0.15) is 0 Å². The number of hydrogen-bond donors (Lipinski definition) is 0. The Bertz CT molecular complexity index is 211. The van der Waals surface area contributed by atoms with Crippen molar-refractivity contribution >= 4 is 14.0 Å². The molecule has 1 aliphatic carbocycles. The van der Waals surface area contributed by atoms with Crippen molar-refractivity contribution in [2.24, 2.45) is 5.92 Å². The van der Waals surface area contributed by atoms with Gasteiger partial charge in [0, 0.05) is 0 Å². The molecule has 0 saturated carbocycles. The van der Waals surface area contributed by atoms with Gasteiger partial charge in [-0.15, -0.1) is 8.20 Å². The molecule has 0 aliphatic heterocycles. The molecule has 0 nitrogen and oxygen atoms in total. The van der Waals surface area contributed by atoms with Gasteiger partial charge in [-0.2, -0.15) is 0 Å². The minimum absolute atomic E-state index is 0.736. The van der Waals surface area contributed by atoms with Gasteiger partial charge < -0.3 is 0 Å². The topological polar surface area (TPSA) is 0 Å². The van der Waals surface area contributed by atoms with Crippen molar-refractivity contribution in [2.45, 2.75) is 26.7 Å². The fourth-order valence-corrected chi connectivity index (χ4v) is 2.17. The second kappa shape index (κ2) is 5.32. The first-order chi connectivity index (χ1) is 5.84. The Morgan fingerprint density at radius 3 is 3.17 bits per heavy atom. The standard InChI is InChI=1S/C11H17P/c1-3-8-12-9-11-7-5-4-6-10(11)2/h4-5,7,9-10H,3,6,8H2,1-2H3. The lowest BCUT2D eigenvalue weighted by molar-refractivity contribution is 0.717. The third-order valence-corrected chi connectivity index (χ3v) is 3.26. The highest BCUT2D eigenvalue weighted by atomic mass is 31.1. The predicted octanol–water partition coefficient (Wildman–Crippen LogP) is 3.67. The van der Waals surface area contributed by atoms with E-state index in [1.54, 1.807) is 0 Å². The number of hydrogen-bond acceptors (Lipinski definition) is 0. The van der Waals surface area contributed by atoms with Crippen molar-refractivity contribution < 1.29 is 0 Å². The van der Waals surface area contributed by atoms with Crippen LogP contribution in [0.25, 0.3) is 0 Å². The molecule has 12 heavy (non-hydrogen) atoms. The summed E-state index contributed by atoms with van der Waals surface area (Å²) in [5.74, 6) is 3.11. The summed E-state index contributed by atoms with van der Waals surface area (Å²) in [5, 5.41) is 0. The van der Waals surface area contributed by atoms with E-state index in [-0.39, 0.29) is 0 Å². The summed E-state index contributed by atoms with van der Waals surface area (Å²) < 4.78 is 0. The zero-order valence-electron chi connectivity index (χ0n) is 7.96. The maximum absolute atomic E-state index is 2.37. The number of allylic oxidation sites excluding steroid dienone is 4. The highest BCUT2D eigenvalue weighted by Crippen LogP contribution is 2.19. The molecule has 0 amide bonds. The summed E-state index contributed by atoms with van der Waals surface area (Å²) in [6.45, 7) is 4.53. The normalized spacial score (nSPS) is 23.2. The van der Waals surface area contributed by atoms with Crippen LogP contribution in [0.3, 0.4) is 0 Å². The van der Waals surface area contributed by atoms with Crippen molar-refractivity contribution in [3.8, 4) is 0 Å². The largest absolute Gasteiger partial charge is 0.104 e. The van der Waals surface area contributed by atoms with Gasteiger partial charge in [0.15, 0.2) is 0 Å². The Labute approximate surface area is 77.2 Å². The van der Waals surface area contributed by atoms with E-state index in [1.165, 1.54) is 32.8 Å². The van der Waals surface area contributed by atoms with Gasteiger partial charge >= 0.3 is 0 Å². The van der Waals surface area contributed by atoms with Crippen LogP contribution in [0.1, 0.15) is 26.7 Å². The Balaban J connectivity index is 2.49. The molecule has 0 radical (unpaired) electrons. The lowest BCUT2D eigenvalue weighted by Gasteiger charge is -2.12. The lowest BCUT2D eigenvalue weighted by Crippen LogP contribution is -2.01. The molecule has 0 spiro atoms. The monoisotopic (exact) mass is 180 g/mol. The molecular weight excluding hydrogens is 163 g/mol. The van der Waals surface area contributed by atoms with Crippen LogP contribution >= 0.6 is 8.20 Å². The summed E-state index contributed by atoms with van der Waals surface area (Å²) in [7, 11) is 1.48. The zero-order chi connectivity index (χ0) is 8.81. The van der Waals surface area contributed by atoms with Crippen LogP contribution in [0.4, 0.5) is 0 Å². The lowest BCUT2D eigenvalue weighted by atomic mass is 9.95. The molecule has 1 rings (SSSR count). The fourth-order valence-electron chi connectivity index (χ4n) is 1.23. The van der Waals surface area contributed by atoms with E-state index in [0.717, 1.165) is 5.92 Å². The molecule has 1 unspecified atom stereocenters. The van der Waals surface area contributed by atoms with Gasteiger partial charge in [0.25, 0.3) is 0 Å². The predicted molar refractivity (Wildman–Crippen MR) is 59.1 cm³/mol.